The van der Waals surface area contributed by atoms with Gasteiger partial charge in [-0.2, -0.15) is 0 Å². The summed E-state index contributed by atoms with van der Waals surface area (Å²) in [5.41, 5.74) is 0.609. The normalized spacial score (nSPS) is 21.9. The molecule has 1 heterocycles. The van der Waals surface area contributed by atoms with E-state index in [4.69, 9.17) is 9.16 Å². The van der Waals surface area contributed by atoms with Crippen LogP contribution in [0.1, 0.15) is 66.0 Å². The van der Waals surface area contributed by atoms with Gasteiger partial charge in [0.2, 0.25) is 0 Å². The molecule has 1 amide bonds. The molecule has 0 spiro atoms. The fraction of sp³-hybridized carbons (Fsp3) is 0.682. The average molecular weight is 392 g/mol. The Morgan fingerprint density at radius 2 is 1.67 bits per heavy atom. The zero-order valence-corrected chi connectivity index (χ0v) is 19.3. The van der Waals surface area contributed by atoms with Crippen molar-refractivity contribution >= 4 is 14.4 Å². The number of ether oxygens (including phenoxy) is 1. The van der Waals surface area contributed by atoms with Crippen LogP contribution in [0.4, 0.5) is 4.79 Å². The molecule has 4 nitrogen and oxygen atoms in total. The topological polar surface area (TPSA) is 38.8 Å². The predicted molar refractivity (Wildman–Crippen MR) is 113 cm³/mol. The molecule has 0 saturated carbocycles. The Hall–Kier alpha value is -1.33. The molecule has 1 aliphatic rings. The van der Waals surface area contributed by atoms with Crippen molar-refractivity contribution in [3.05, 3.63) is 35.9 Å². The molecule has 1 fully saturated rings. The van der Waals surface area contributed by atoms with E-state index in [0.717, 1.165) is 18.4 Å². The Labute approximate surface area is 166 Å². The Morgan fingerprint density at radius 1 is 1.07 bits per heavy atom. The smallest absolute Gasteiger partial charge is 0.410 e. The fourth-order valence-electron chi connectivity index (χ4n) is 3.21. The van der Waals surface area contributed by atoms with Crippen LogP contribution < -0.4 is 0 Å². The summed E-state index contributed by atoms with van der Waals surface area (Å²) in [5, 5.41) is 0.127. The van der Waals surface area contributed by atoms with E-state index in [-0.39, 0.29) is 23.3 Å². The maximum absolute atomic E-state index is 13.0. The number of amides is 1. The molecule has 0 aromatic heterocycles. The van der Waals surface area contributed by atoms with Gasteiger partial charge in [-0.25, -0.2) is 4.79 Å². The summed E-state index contributed by atoms with van der Waals surface area (Å²) in [7, 11) is -1.96. The van der Waals surface area contributed by atoms with Crippen LogP contribution in [0.2, 0.25) is 18.1 Å². The van der Waals surface area contributed by atoms with E-state index in [2.05, 4.69) is 46.0 Å². The van der Waals surface area contributed by atoms with Crippen LogP contribution in [0.15, 0.2) is 30.3 Å². The standard InChI is InChI=1S/C22H37NO3Si/c1-21(2,3)25-20(24)23-16-12-15-18(26-27(7,8)22(4,5)6)19(23)17-13-10-9-11-14-17/h9-11,13-14,18-19H,12,15-16H2,1-8H3/t18-,19-/m1/s1. The van der Waals surface area contributed by atoms with E-state index in [1.165, 1.54) is 0 Å². The Kier molecular flexibility index (Phi) is 6.47. The number of hydrogen-bond donors (Lipinski definition) is 0. The van der Waals surface area contributed by atoms with Gasteiger partial charge >= 0.3 is 6.09 Å². The first-order valence-electron chi connectivity index (χ1n) is 10.0. The maximum atomic E-state index is 13.0. The van der Waals surface area contributed by atoms with E-state index in [1.807, 2.05) is 43.9 Å². The number of piperidine rings is 1. The SMILES string of the molecule is CC(C)(C)OC(=O)N1CCC[C@@H](O[Si](C)(C)C(C)(C)C)[C@H]1c1ccccc1. The molecule has 152 valence electrons. The molecule has 2 atom stereocenters. The van der Waals surface area contributed by atoms with Crippen molar-refractivity contribution in [3.63, 3.8) is 0 Å². The molecular weight excluding hydrogens is 354 g/mol. The molecular formula is C22H37NO3Si. The first-order valence-corrected chi connectivity index (χ1v) is 12.9. The van der Waals surface area contributed by atoms with Gasteiger partial charge in [-0.3, -0.25) is 4.90 Å². The minimum atomic E-state index is -1.96. The first-order chi connectivity index (χ1) is 12.3. The van der Waals surface area contributed by atoms with Gasteiger partial charge in [0.15, 0.2) is 8.32 Å². The second-order valence-corrected chi connectivity index (χ2v) is 14.8. The largest absolute Gasteiger partial charge is 0.444 e. The second kappa shape index (κ2) is 7.96. The van der Waals surface area contributed by atoms with Crippen molar-refractivity contribution in [1.82, 2.24) is 4.90 Å². The Balaban J connectivity index is 2.36. The fourth-order valence-corrected chi connectivity index (χ4v) is 4.57. The highest BCUT2D eigenvalue weighted by Crippen LogP contribution is 2.42. The number of carbonyl (C=O) groups is 1. The van der Waals surface area contributed by atoms with E-state index in [9.17, 15) is 4.79 Å². The summed E-state index contributed by atoms with van der Waals surface area (Å²) in [6, 6.07) is 10.1. The highest BCUT2D eigenvalue weighted by atomic mass is 28.4. The van der Waals surface area contributed by atoms with E-state index in [0.29, 0.717) is 6.54 Å². The molecule has 0 unspecified atom stereocenters. The number of nitrogens with zero attached hydrogens (tertiary/aromatic N) is 1. The molecule has 1 saturated heterocycles. The van der Waals surface area contributed by atoms with Crippen molar-refractivity contribution < 1.29 is 14.0 Å². The third kappa shape index (κ3) is 5.58. The summed E-state index contributed by atoms with van der Waals surface area (Å²) in [6.45, 7) is 17.8. The molecule has 0 radical (unpaired) electrons. The third-order valence-electron chi connectivity index (χ3n) is 5.60. The number of carbonyl (C=O) groups excluding carboxylic acids is 1. The lowest BCUT2D eigenvalue weighted by Gasteiger charge is -2.47. The van der Waals surface area contributed by atoms with Gasteiger partial charge in [0.25, 0.3) is 0 Å². The summed E-state index contributed by atoms with van der Waals surface area (Å²) in [5.74, 6) is 0. The number of rotatable bonds is 3. The lowest BCUT2D eigenvalue weighted by Crippen LogP contribution is -2.52. The minimum absolute atomic E-state index is 0.00504. The molecule has 0 aliphatic carbocycles. The Bertz CT molecular complexity index is 631. The summed E-state index contributed by atoms with van der Waals surface area (Å²) >= 11 is 0. The molecule has 27 heavy (non-hydrogen) atoms. The van der Waals surface area contributed by atoms with Crippen molar-refractivity contribution in [2.45, 2.75) is 90.3 Å². The second-order valence-electron chi connectivity index (χ2n) is 10.1. The lowest BCUT2D eigenvalue weighted by atomic mass is 9.93. The minimum Gasteiger partial charge on any atom is -0.444 e. The average Bonchev–Trinajstić information content (AvgIpc) is 2.52. The third-order valence-corrected chi connectivity index (χ3v) is 10.1. The molecule has 0 N–H and O–H groups in total. The molecule has 0 bridgehead atoms. The quantitative estimate of drug-likeness (QED) is 0.580. The van der Waals surface area contributed by atoms with Gasteiger partial charge < -0.3 is 9.16 Å². The number of likely N-dealkylation sites (tertiary alicyclic amines) is 1. The number of hydrogen-bond acceptors (Lipinski definition) is 3. The van der Waals surface area contributed by atoms with Gasteiger partial charge in [-0.1, -0.05) is 51.1 Å². The van der Waals surface area contributed by atoms with Crippen LogP contribution in [-0.2, 0) is 9.16 Å². The van der Waals surface area contributed by atoms with E-state index in [1.54, 1.807) is 0 Å². The summed E-state index contributed by atoms with van der Waals surface area (Å²) in [6.07, 6.45) is 1.64. The zero-order valence-electron chi connectivity index (χ0n) is 18.3. The van der Waals surface area contributed by atoms with Crippen LogP contribution in [0, 0.1) is 0 Å². The van der Waals surface area contributed by atoms with Crippen molar-refractivity contribution in [2.24, 2.45) is 0 Å². The molecule has 2 rings (SSSR count). The van der Waals surface area contributed by atoms with Gasteiger partial charge in [0.1, 0.15) is 5.60 Å². The van der Waals surface area contributed by atoms with Crippen LogP contribution in [0.3, 0.4) is 0 Å². The van der Waals surface area contributed by atoms with Crippen molar-refractivity contribution in [3.8, 4) is 0 Å². The van der Waals surface area contributed by atoms with Crippen LogP contribution in [0.5, 0.6) is 0 Å². The monoisotopic (exact) mass is 391 g/mol. The molecule has 5 heteroatoms. The van der Waals surface area contributed by atoms with Gasteiger partial charge in [-0.05, 0) is 57.3 Å². The highest BCUT2D eigenvalue weighted by molar-refractivity contribution is 6.74. The van der Waals surface area contributed by atoms with Crippen molar-refractivity contribution in [2.75, 3.05) is 6.54 Å². The lowest BCUT2D eigenvalue weighted by molar-refractivity contribution is -0.0203. The summed E-state index contributed by atoms with van der Waals surface area (Å²) in [4.78, 5) is 14.8. The van der Waals surface area contributed by atoms with Gasteiger partial charge in [0, 0.05) is 6.54 Å². The zero-order chi connectivity index (χ0) is 20.5. The van der Waals surface area contributed by atoms with E-state index >= 15 is 0 Å². The summed E-state index contributed by atoms with van der Waals surface area (Å²) < 4.78 is 12.5. The predicted octanol–water partition coefficient (Wildman–Crippen LogP) is 6.15. The van der Waals surface area contributed by atoms with Gasteiger partial charge in [0.05, 0.1) is 12.1 Å². The first kappa shape index (κ1) is 22.0. The van der Waals surface area contributed by atoms with Gasteiger partial charge in [-0.15, -0.1) is 0 Å². The van der Waals surface area contributed by atoms with Crippen molar-refractivity contribution in [1.29, 1.82) is 0 Å². The number of benzene rings is 1. The Morgan fingerprint density at radius 3 is 2.19 bits per heavy atom. The van der Waals surface area contributed by atoms with Crippen LogP contribution in [-0.4, -0.2) is 37.6 Å². The van der Waals surface area contributed by atoms with Crippen LogP contribution >= 0.6 is 0 Å². The molecule has 1 aliphatic heterocycles. The molecule has 1 aromatic rings. The van der Waals surface area contributed by atoms with E-state index < -0.39 is 13.9 Å². The highest BCUT2D eigenvalue weighted by Gasteiger charge is 2.44. The van der Waals surface area contributed by atoms with Crippen LogP contribution in [0.25, 0.3) is 0 Å². The molecule has 1 aromatic carbocycles. The maximum Gasteiger partial charge on any atom is 0.410 e.